The third-order valence-electron chi connectivity index (χ3n) is 2.55. The summed E-state index contributed by atoms with van der Waals surface area (Å²) in [5.74, 6) is 0. The monoisotopic (exact) mass is 244 g/mol. The zero-order chi connectivity index (χ0) is 11.8. The predicted molar refractivity (Wildman–Crippen MR) is 68.3 cm³/mol. The van der Waals surface area contributed by atoms with Crippen molar-refractivity contribution in [3.63, 3.8) is 0 Å². The van der Waals surface area contributed by atoms with E-state index in [9.17, 15) is 0 Å². The molecule has 1 aromatic heterocycles. The minimum Gasteiger partial charge on any atom is -0.399 e. The minimum absolute atomic E-state index is 0.654. The Bertz CT molecular complexity index is 673. The van der Waals surface area contributed by atoms with E-state index in [1.807, 2.05) is 36.4 Å². The summed E-state index contributed by atoms with van der Waals surface area (Å²) in [4.78, 5) is 0. The summed E-state index contributed by atoms with van der Waals surface area (Å²) in [5.41, 5.74) is 8.98. The number of anilines is 1. The second-order valence-electron chi connectivity index (χ2n) is 3.73. The molecular weight excluding hydrogens is 236 g/mol. The molecule has 3 aromatic rings. The van der Waals surface area contributed by atoms with E-state index in [1.54, 1.807) is 10.7 Å². The molecule has 5 heteroatoms. The van der Waals surface area contributed by atoms with Crippen LogP contribution in [0.25, 0.3) is 16.7 Å². The number of benzene rings is 2. The number of hydrogen-bond acceptors (Lipinski definition) is 3. The van der Waals surface area contributed by atoms with Crippen molar-refractivity contribution in [3.8, 4) is 5.69 Å². The molecule has 0 spiro atoms. The van der Waals surface area contributed by atoms with Crippen molar-refractivity contribution in [3.05, 3.63) is 47.5 Å². The highest BCUT2D eigenvalue weighted by Gasteiger charge is 2.06. The van der Waals surface area contributed by atoms with E-state index in [0.717, 1.165) is 22.4 Å². The zero-order valence-corrected chi connectivity index (χ0v) is 9.59. The lowest BCUT2D eigenvalue weighted by atomic mass is 10.2. The van der Waals surface area contributed by atoms with Crippen LogP contribution < -0.4 is 5.73 Å². The van der Waals surface area contributed by atoms with Gasteiger partial charge in [-0.1, -0.05) is 16.8 Å². The molecule has 0 bridgehead atoms. The van der Waals surface area contributed by atoms with Crippen LogP contribution in [0.15, 0.2) is 42.5 Å². The van der Waals surface area contributed by atoms with E-state index >= 15 is 0 Å². The van der Waals surface area contributed by atoms with E-state index in [2.05, 4.69) is 10.3 Å². The maximum Gasteiger partial charge on any atom is 0.115 e. The van der Waals surface area contributed by atoms with Crippen molar-refractivity contribution in [1.82, 2.24) is 15.0 Å². The molecule has 0 unspecified atom stereocenters. The Morgan fingerprint density at radius 1 is 1.06 bits per heavy atom. The average Bonchev–Trinajstić information content (AvgIpc) is 2.73. The quantitative estimate of drug-likeness (QED) is 0.670. The van der Waals surface area contributed by atoms with E-state index < -0.39 is 0 Å². The minimum atomic E-state index is 0.654. The Balaban J connectivity index is 2.21. The average molecular weight is 245 g/mol. The third-order valence-corrected chi connectivity index (χ3v) is 2.78. The standard InChI is InChI=1S/C12H9ClN4/c13-8-1-6-12-11(7-8)15-16-17(12)10-4-2-9(14)3-5-10/h1-7H,14H2. The van der Waals surface area contributed by atoms with Crippen LogP contribution in [0, 0.1) is 0 Å². The highest BCUT2D eigenvalue weighted by molar-refractivity contribution is 6.31. The van der Waals surface area contributed by atoms with Crippen LogP contribution in [0.4, 0.5) is 5.69 Å². The number of rotatable bonds is 1. The number of nitrogens with two attached hydrogens (primary N) is 1. The summed E-state index contributed by atoms with van der Waals surface area (Å²) >= 11 is 5.90. The van der Waals surface area contributed by atoms with Gasteiger partial charge in [0.1, 0.15) is 5.52 Å². The molecule has 0 saturated carbocycles. The summed E-state index contributed by atoms with van der Waals surface area (Å²) in [6, 6.07) is 13.0. The number of aromatic nitrogens is 3. The molecule has 2 N–H and O–H groups in total. The zero-order valence-electron chi connectivity index (χ0n) is 8.84. The van der Waals surface area contributed by atoms with Crippen molar-refractivity contribution in [2.45, 2.75) is 0 Å². The fourth-order valence-corrected chi connectivity index (χ4v) is 1.87. The van der Waals surface area contributed by atoms with Gasteiger partial charge >= 0.3 is 0 Å². The molecule has 4 nitrogen and oxygen atoms in total. The van der Waals surface area contributed by atoms with Gasteiger partial charge in [0.05, 0.1) is 11.2 Å². The van der Waals surface area contributed by atoms with Crippen molar-refractivity contribution >= 4 is 28.3 Å². The van der Waals surface area contributed by atoms with Gasteiger partial charge in [0.25, 0.3) is 0 Å². The van der Waals surface area contributed by atoms with Crippen molar-refractivity contribution < 1.29 is 0 Å². The molecule has 0 aliphatic rings. The summed E-state index contributed by atoms with van der Waals surface area (Å²) in [5, 5.41) is 8.83. The number of halogens is 1. The Morgan fingerprint density at radius 2 is 1.82 bits per heavy atom. The SMILES string of the molecule is Nc1ccc(-n2nnc3cc(Cl)ccc32)cc1. The van der Waals surface area contributed by atoms with Crippen LogP contribution in [-0.4, -0.2) is 15.0 Å². The summed E-state index contributed by atoms with van der Waals surface area (Å²) < 4.78 is 1.76. The molecule has 0 radical (unpaired) electrons. The van der Waals surface area contributed by atoms with Crippen LogP contribution >= 0.6 is 11.6 Å². The van der Waals surface area contributed by atoms with Crippen LogP contribution in [-0.2, 0) is 0 Å². The lowest BCUT2D eigenvalue weighted by Gasteiger charge is -2.02. The summed E-state index contributed by atoms with van der Waals surface area (Å²) in [6.45, 7) is 0. The van der Waals surface area contributed by atoms with E-state index in [-0.39, 0.29) is 0 Å². The molecule has 0 atom stereocenters. The maximum absolute atomic E-state index is 5.90. The molecule has 17 heavy (non-hydrogen) atoms. The Labute approximate surface area is 103 Å². The topological polar surface area (TPSA) is 56.7 Å². The van der Waals surface area contributed by atoms with Crippen LogP contribution in [0.3, 0.4) is 0 Å². The smallest absolute Gasteiger partial charge is 0.115 e. The van der Waals surface area contributed by atoms with Gasteiger partial charge in [0.2, 0.25) is 0 Å². The first-order valence-electron chi connectivity index (χ1n) is 5.11. The molecule has 0 aliphatic heterocycles. The Kier molecular flexibility index (Phi) is 2.23. The number of nitrogen functional groups attached to an aromatic ring is 1. The lowest BCUT2D eigenvalue weighted by molar-refractivity contribution is 0.824. The number of fused-ring (bicyclic) bond motifs is 1. The molecule has 0 amide bonds. The van der Waals surface area contributed by atoms with Gasteiger partial charge in [-0.15, -0.1) is 5.10 Å². The van der Waals surface area contributed by atoms with E-state index in [1.165, 1.54) is 0 Å². The second-order valence-corrected chi connectivity index (χ2v) is 4.16. The Hall–Kier alpha value is -2.07. The molecule has 2 aromatic carbocycles. The van der Waals surface area contributed by atoms with Crippen molar-refractivity contribution in [2.24, 2.45) is 0 Å². The van der Waals surface area contributed by atoms with Gasteiger partial charge in [-0.25, -0.2) is 4.68 Å². The van der Waals surface area contributed by atoms with Crippen LogP contribution in [0.5, 0.6) is 0 Å². The van der Waals surface area contributed by atoms with Gasteiger partial charge in [0, 0.05) is 10.7 Å². The Morgan fingerprint density at radius 3 is 2.59 bits per heavy atom. The first-order chi connectivity index (χ1) is 8.24. The maximum atomic E-state index is 5.90. The van der Waals surface area contributed by atoms with E-state index in [4.69, 9.17) is 17.3 Å². The van der Waals surface area contributed by atoms with Gasteiger partial charge in [0.15, 0.2) is 0 Å². The predicted octanol–water partition coefficient (Wildman–Crippen LogP) is 2.66. The highest BCUT2D eigenvalue weighted by Crippen LogP contribution is 2.20. The molecule has 0 saturated heterocycles. The number of nitrogens with zero attached hydrogens (tertiary/aromatic N) is 3. The van der Waals surface area contributed by atoms with Crippen molar-refractivity contribution in [2.75, 3.05) is 5.73 Å². The van der Waals surface area contributed by atoms with Crippen LogP contribution in [0.2, 0.25) is 5.02 Å². The van der Waals surface area contributed by atoms with Crippen molar-refractivity contribution in [1.29, 1.82) is 0 Å². The largest absolute Gasteiger partial charge is 0.399 e. The summed E-state index contributed by atoms with van der Waals surface area (Å²) in [7, 11) is 0. The number of hydrogen-bond donors (Lipinski definition) is 1. The highest BCUT2D eigenvalue weighted by atomic mass is 35.5. The third kappa shape index (κ3) is 1.72. The van der Waals surface area contributed by atoms with E-state index in [0.29, 0.717) is 5.02 Å². The summed E-state index contributed by atoms with van der Waals surface area (Å²) in [6.07, 6.45) is 0. The molecule has 1 heterocycles. The lowest BCUT2D eigenvalue weighted by Crippen LogP contribution is -1.96. The molecule has 84 valence electrons. The van der Waals surface area contributed by atoms with Gasteiger partial charge in [-0.2, -0.15) is 0 Å². The molecule has 0 aliphatic carbocycles. The van der Waals surface area contributed by atoms with Gasteiger partial charge < -0.3 is 5.73 Å². The van der Waals surface area contributed by atoms with Crippen LogP contribution in [0.1, 0.15) is 0 Å². The molecular formula is C12H9ClN4. The van der Waals surface area contributed by atoms with Gasteiger partial charge in [-0.3, -0.25) is 0 Å². The first kappa shape index (κ1) is 10.1. The normalized spacial score (nSPS) is 10.9. The molecule has 3 rings (SSSR count). The fourth-order valence-electron chi connectivity index (χ4n) is 1.70. The van der Waals surface area contributed by atoms with Gasteiger partial charge in [-0.05, 0) is 42.5 Å². The second kappa shape index (κ2) is 3.75. The fraction of sp³-hybridized carbons (Fsp3) is 0. The molecule has 0 fully saturated rings. The first-order valence-corrected chi connectivity index (χ1v) is 5.49.